The summed E-state index contributed by atoms with van der Waals surface area (Å²) in [5.74, 6) is -0.913. The van der Waals surface area contributed by atoms with Crippen LogP contribution in [0.3, 0.4) is 0 Å². The van der Waals surface area contributed by atoms with Crippen molar-refractivity contribution in [2.45, 2.75) is 26.0 Å². The molecule has 0 saturated carbocycles. The molecule has 1 N–H and O–H groups in total. The Labute approximate surface area is 215 Å². The van der Waals surface area contributed by atoms with Gasteiger partial charge in [-0.05, 0) is 60.4 Å². The minimum atomic E-state index is -0.728. The van der Waals surface area contributed by atoms with Crippen LogP contribution in [-0.4, -0.2) is 42.0 Å². The molecule has 6 nitrogen and oxygen atoms in total. The molecule has 1 unspecified atom stereocenters. The van der Waals surface area contributed by atoms with Crippen LogP contribution in [0.1, 0.15) is 34.7 Å². The molecule has 0 bridgehead atoms. The summed E-state index contributed by atoms with van der Waals surface area (Å²) in [5, 5.41) is 11.8. The van der Waals surface area contributed by atoms with Gasteiger partial charge in [-0.15, -0.1) is 0 Å². The van der Waals surface area contributed by atoms with E-state index in [1.54, 1.807) is 49.6 Å². The van der Waals surface area contributed by atoms with Gasteiger partial charge in [0.15, 0.2) is 0 Å². The van der Waals surface area contributed by atoms with Gasteiger partial charge in [-0.1, -0.05) is 54.1 Å². The summed E-state index contributed by atoms with van der Waals surface area (Å²) >= 11 is 6.07. The van der Waals surface area contributed by atoms with E-state index in [0.29, 0.717) is 48.1 Å². The number of likely N-dealkylation sites (tertiary alicyclic amines) is 1. The highest BCUT2D eigenvalue weighted by Crippen LogP contribution is 2.40. The fourth-order valence-corrected chi connectivity index (χ4v) is 4.46. The first kappa shape index (κ1) is 25.5. The number of halogens is 1. The molecule has 7 heteroatoms. The number of ether oxygens (including phenoxy) is 2. The predicted molar refractivity (Wildman–Crippen MR) is 139 cm³/mol. The molecule has 36 heavy (non-hydrogen) atoms. The molecule has 186 valence electrons. The topological polar surface area (TPSA) is 76.1 Å². The van der Waals surface area contributed by atoms with Gasteiger partial charge in [-0.25, -0.2) is 0 Å². The molecule has 1 fully saturated rings. The Balaban J connectivity index is 1.68. The molecule has 3 aromatic rings. The number of aliphatic hydroxyl groups is 1. The first-order valence-corrected chi connectivity index (χ1v) is 12.1. The molecule has 4 rings (SSSR count). The fourth-order valence-electron chi connectivity index (χ4n) is 4.33. The van der Waals surface area contributed by atoms with Crippen LogP contribution in [0.5, 0.6) is 5.75 Å². The molecule has 1 amide bonds. The number of aliphatic hydroxyl groups excluding tert-OH is 1. The van der Waals surface area contributed by atoms with E-state index in [1.165, 1.54) is 4.90 Å². The van der Waals surface area contributed by atoms with Gasteiger partial charge in [0.25, 0.3) is 11.7 Å². The quantitative estimate of drug-likeness (QED) is 0.175. The summed E-state index contributed by atoms with van der Waals surface area (Å²) in [6, 6.07) is 21.2. The van der Waals surface area contributed by atoms with Crippen molar-refractivity contribution < 1.29 is 24.2 Å². The lowest BCUT2D eigenvalue weighted by Gasteiger charge is -2.25. The summed E-state index contributed by atoms with van der Waals surface area (Å²) in [6.45, 7) is 3.04. The van der Waals surface area contributed by atoms with Crippen LogP contribution in [0, 0.1) is 6.92 Å². The maximum Gasteiger partial charge on any atom is 0.295 e. The molecular formula is C29H28ClNO5. The van der Waals surface area contributed by atoms with Crippen LogP contribution < -0.4 is 4.74 Å². The molecule has 0 aromatic heterocycles. The van der Waals surface area contributed by atoms with Crippen molar-refractivity contribution in [2.24, 2.45) is 0 Å². The Bertz CT molecular complexity index is 1270. The normalized spacial score (nSPS) is 17.0. The molecule has 0 radical (unpaired) electrons. The summed E-state index contributed by atoms with van der Waals surface area (Å²) in [4.78, 5) is 27.6. The molecule has 1 saturated heterocycles. The Morgan fingerprint density at radius 2 is 1.75 bits per heavy atom. The Kier molecular flexibility index (Phi) is 8.08. The van der Waals surface area contributed by atoms with Crippen LogP contribution in [0.4, 0.5) is 0 Å². The Hall–Kier alpha value is -3.61. The number of ketones is 1. The molecule has 1 aliphatic rings. The summed E-state index contributed by atoms with van der Waals surface area (Å²) in [6.07, 6.45) is 0.556. The Morgan fingerprint density at radius 1 is 1.03 bits per heavy atom. The zero-order valence-electron chi connectivity index (χ0n) is 20.2. The maximum absolute atomic E-state index is 13.1. The van der Waals surface area contributed by atoms with Crippen LogP contribution in [0.15, 0.2) is 78.4 Å². The van der Waals surface area contributed by atoms with Crippen LogP contribution in [0.2, 0.25) is 5.02 Å². The van der Waals surface area contributed by atoms with E-state index >= 15 is 0 Å². The van der Waals surface area contributed by atoms with E-state index in [1.807, 2.05) is 37.3 Å². The third-order valence-corrected chi connectivity index (χ3v) is 6.41. The van der Waals surface area contributed by atoms with Crippen LogP contribution in [-0.2, 0) is 20.9 Å². The number of carbonyl (C=O) groups excluding carboxylic acids is 2. The maximum atomic E-state index is 13.1. The minimum absolute atomic E-state index is 0.0529. The fraction of sp³-hybridized carbons (Fsp3) is 0.241. The lowest BCUT2D eigenvalue weighted by Crippen LogP contribution is -2.31. The summed E-state index contributed by atoms with van der Waals surface area (Å²) in [5.41, 5.74) is 3.02. The van der Waals surface area contributed by atoms with E-state index < -0.39 is 17.7 Å². The van der Waals surface area contributed by atoms with Gasteiger partial charge in [0, 0.05) is 30.8 Å². The standard InChI is InChI=1S/C29H28ClNO5/c1-19-17-22(11-14-24(19)36-18-20-7-4-3-5-8-20)27(32)25-26(21-9-12-23(30)13-10-21)31(15-6-16-35-2)29(34)28(25)33/h3-5,7-14,17,26,32H,6,15-16,18H2,1-2H3/b27-25-. The third-order valence-electron chi connectivity index (χ3n) is 6.16. The van der Waals surface area contributed by atoms with Crippen molar-refractivity contribution in [3.63, 3.8) is 0 Å². The van der Waals surface area contributed by atoms with E-state index in [4.69, 9.17) is 21.1 Å². The molecule has 1 atom stereocenters. The van der Waals surface area contributed by atoms with Crippen molar-refractivity contribution in [1.29, 1.82) is 0 Å². The molecule has 0 spiro atoms. The molecule has 0 aliphatic carbocycles. The second-order valence-electron chi connectivity index (χ2n) is 8.64. The van der Waals surface area contributed by atoms with Crippen molar-refractivity contribution in [3.05, 3.63) is 106 Å². The number of Topliss-reactive ketones (excluding diaryl/α,β-unsaturated/α-hetero) is 1. The second kappa shape index (κ2) is 11.4. The largest absolute Gasteiger partial charge is 0.507 e. The zero-order valence-corrected chi connectivity index (χ0v) is 21.0. The van der Waals surface area contributed by atoms with E-state index in [2.05, 4.69) is 0 Å². The van der Waals surface area contributed by atoms with Gasteiger partial charge in [0.1, 0.15) is 18.1 Å². The zero-order chi connectivity index (χ0) is 25.7. The van der Waals surface area contributed by atoms with Gasteiger partial charge in [0.2, 0.25) is 0 Å². The number of methoxy groups -OCH3 is 1. The number of amides is 1. The first-order chi connectivity index (χ1) is 17.4. The highest BCUT2D eigenvalue weighted by molar-refractivity contribution is 6.46. The number of rotatable bonds is 9. The monoisotopic (exact) mass is 505 g/mol. The van der Waals surface area contributed by atoms with Crippen molar-refractivity contribution in [3.8, 4) is 5.75 Å². The minimum Gasteiger partial charge on any atom is -0.507 e. The average molecular weight is 506 g/mol. The molecule has 3 aromatic carbocycles. The van der Waals surface area contributed by atoms with Crippen molar-refractivity contribution in [1.82, 2.24) is 4.90 Å². The number of nitrogens with zero attached hydrogens (tertiary/aromatic N) is 1. The molecule has 1 aliphatic heterocycles. The van der Waals surface area contributed by atoms with Gasteiger partial charge >= 0.3 is 0 Å². The predicted octanol–water partition coefficient (Wildman–Crippen LogP) is 5.69. The SMILES string of the molecule is COCCCN1C(=O)C(=O)/C(=C(\O)c2ccc(OCc3ccccc3)c(C)c2)C1c1ccc(Cl)cc1. The number of benzene rings is 3. The van der Waals surface area contributed by atoms with Gasteiger partial charge in [-0.2, -0.15) is 0 Å². The number of carbonyl (C=O) groups is 2. The first-order valence-electron chi connectivity index (χ1n) is 11.7. The highest BCUT2D eigenvalue weighted by atomic mass is 35.5. The van der Waals surface area contributed by atoms with E-state index in [0.717, 1.165) is 11.1 Å². The van der Waals surface area contributed by atoms with Gasteiger partial charge < -0.3 is 19.5 Å². The summed E-state index contributed by atoms with van der Waals surface area (Å²) in [7, 11) is 1.58. The summed E-state index contributed by atoms with van der Waals surface area (Å²) < 4.78 is 11.1. The van der Waals surface area contributed by atoms with E-state index in [9.17, 15) is 14.7 Å². The smallest absolute Gasteiger partial charge is 0.295 e. The van der Waals surface area contributed by atoms with Gasteiger partial charge in [-0.3, -0.25) is 9.59 Å². The molecular weight excluding hydrogens is 478 g/mol. The second-order valence-corrected chi connectivity index (χ2v) is 9.08. The highest BCUT2D eigenvalue weighted by Gasteiger charge is 2.45. The Morgan fingerprint density at radius 3 is 2.42 bits per heavy atom. The van der Waals surface area contributed by atoms with Crippen LogP contribution in [0.25, 0.3) is 5.76 Å². The number of aryl methyl sites for hydroxylation is 1. The molecule has 1 heterocycles. The van der Waals surface area contributed by atoms with Crippen LogP contribution >= 0.6 is 11.6 Å². The van der Waals surface area contributed by atoms with Crippen molar-refractivity contribution >= 4 is 29.1 Å². The van der Waals surface area contributed by atoms with Crippen molar-refractivity contribution in [2.75, 3.05) is 20.3 Å². The lowest BCUT2D eigenvalue weighted by molar-refractivity contribution is -0.140. The number of hydrogen-bond donors (Lipinski definition) is 1. The lowest BCUT2D eigenvalue weighted by atomic mass is 9.94. The van der Waals surface area contributed by atoms with E-state index in [-0.39, 0.29) is 11.3 Å². The third kappa shape index (κ3) is 5.45. The number of hydrogen-bond acceptors (Lipinski definition) is 5. The average Bonchev–Trinajstić information content (AvgIpc) is 3.14. The van der Waals surface area contributed by atoms with Gasteiger partial charge in [0.05, 0.1) is 11.6 Å².